The van der Waals surface area contributed by atoms with Crippen molar-refractivity contribution in [2.24, 2.45) is 0 Å². The molecule has 0 unspecified atom stereocenters. The Morgan fingerprint density at radius 2 is 2.14 bits per heavy atom. The van der Waals surface area contributed by atoms with Crippen LogP contribution in [0.3, 0.4) is 0 Å². The van der Waals surface area contributed by atoms with E-state index in [9.17, 15) is 13.6 Å². The topological polar surface area (TPSA) is 66.0 Å². The zero-order valence-corrected chi connectivity index (χ0v) is 7.01. The maximum atomic E-state index is 12.7. The summed E-state index contributed by atoms with van der Waals surface area (Å²) in [4.78, 5) is 10.8. The fraction of sp³-hybridized carbons (Fsp3) is 0.125. The van der Waals surface area contributed by atoms with Crippen molar-refractivity contribution in [2.45, 2.75) is 6.11 Å². The van der Waals surface area contributed by atoms with E-state index in [1.54, 1.807) is 0 Å². The van der Waals surface area contributed by atoms with Crippen molar-refractivity contribution in [1.82, 2.24) is 0 Å². The number of anilines is 1. The lowest BCUT2D eigenvalue weighted by atomic mass is 10.2. The number of amides is 1. The highest BCUT2D eigenvalue weighted by atomic mass is 19.3. The molecule has 74 valence electrons. The molecule has 1 aromatic rings. The first-order valence-electron chi connectivity index (χ1n) is 3.83. The number of carbonyl (C=O) groups is 1. The summed E-state index contributed by atoms with van der Waals surface area (Å²) in [7, 11) is 0. The summed E-state index contributed by atoms with van der Waals surface area (Å²) in [6, 6.07) is 4.32. The number of hydrogen-bond donors (Lipinski definition) is 2. The normalized spacial score (nSPS) is 18.1. The quantitative estimate of drug-likeness (QED) is 0.641. The molecule has 1 heterocycles. The van der Waals surface area contributed by atoms with Gasteiger partial charge in [0.1, 0.15) is 5.69 Å². The average Bonchev–Trinajstić information content (AvgIpc) is 2.08. The first-order chi connectivity index (χ1) is 6.49. The van der Waals surface area contributed by atoms with E-state index < -0.39 is 12.0 Å². The Morgan fingerprint density at radius 3 is 2.86 bits per heavy atom. The molecule has 14 heavy (non-hydrogen) atoms. The monoisotopic (exact) mass is 201 g/mol. The van der Waals surface area contributed by atoms with E-state index in [2.05, 4.69) is 10.5 Å². The van der Waals surface area contributed by atoms with E-state index >= 15 is 0 Å². The minimum Gasteiger partial charge on any atom is -0.423 e. The number of ether oxygens (including phenoxy) is 1. The van der Waals surface area contributed by atoms with Gasteiger partial charge in [-0.05, 0) is 6.07 Å². The Kier molecular flexibility index (Phi) is 1.68. The molecule has 1 aromatic carbocycles. The molecule has 0 aromatic heterocycles. The molecular weight excluding hydrogens is 194 g/mol. The van der Waals surface area contributed by atoms with Crippen LogP contribution in [0, 0.1) is 0 Å². The van der Waals surface area contributed by atoms with Crippen LogP contribution >= 0.6 is 0 Å². The van der Waals surface area contributed by atoms with E-state index in [-0.39, 0.29) is 11.4 Å². The lowest BCUT2D eigenvalue weighted by Crippen LogP contribution is -2.44. The first kappa shape index (κ1) is 8.89. The van der Waals surface area contributed by atoms with Crippen molar-refractivity contribution >= 4 is 17.3 Å². The van der Waals surface area contributed by atoms with Gasteiger partial charge in [-0.1, -0.05) is 0 Å². The number of alkyl halides is 2. The van der Waals surface area contributed by atoms with Crippen LogP contribution in [0.2, 0.25) is 0 Å². The standard InChI is InChI=1S/C8H6F2N2O2/c9-8(10)7(13)12-5-3-4(11)1-2-6(5)14-8/h1-3H,11H2,(H,12,13)/p+1. The molecule has 0 bridgehead atoms. The van der Waals surface area contributed by atoms with Crippen LogP contribution in [0.5, 0.6) is 5.75 Å². The Labute approximate surface area is 77.7 Å². The van der Waals surface area contributed by atoms with Crippen LogP contribution in [0.15, 0.2) is 18.2 Å². The van der Waals surface area contributed by atoms with Gasteiger partial charge in [0, 0.05) is 12.1 Å². The van der Waals surface area contributed by atoms with E-state index in [4.69, 9.17) is 0 Å². The van der Waals surface area contributed by atoms with Gasteiger partial charge in [0.15, 0.2) is 5.75 Å². The fourth-order valence-electron chi connectivity index (χ4n) is 1.14. The first-order valence-corrected chi connectivity index (χ1v) is 3.83. The zero-order chi connectivity index (χ0) is 10.3. The third-order valence-corrected chi connectivity index (χ3v) is 1.79. The molecule has 1 amide bonds. The molecule has 0 radical (unpaired) electrons. The third-order valence-electron chi connectivity index (χ3n) is 1.79. The van der Waals surface area contributed by atoms with Crippen LogP contribution in [0.1, 0.15) is 0 Å². The molecule has 1 aliphatic rings. The van der Waals surface area contributed by atoms with Crippen molar-refractivity contribution in [3.8, 4) is 5.75 Å². The highest BCUT2D eigenvalue weighted by Crippen LogP contribution is 2.35. The van der Waals surface area contributed by atoms with Gasteiger partial charge in [0.05, 0.1) is 5.69 Å². The number of halogens is 2. The second kappa shape index (κ2) is 2.65. The molecule has 6 heteroatoms. The number of hydrogen-bond acceptors (Lipinski definition) is 2. The van der Waals surface area contributed by atoms with Crippen molar-refractivity contribution in [1.29, 1.82) is 0 Å². The highest BCUT2D eigenvalue weighted by Gasteiger charge is 2.46. The molecule has 0 spiro atoms. The minimum absolute atomic E-state index is 0.0537. The summed E-state index contributed by atoms with van der Waals surface area (Å²) in [5.41, 5.74) is 4.42. The van der Waals surface area contributed by atoms with Gasteiger partial charge >= 0.3 is 12.0 Å². The largest absolute Gasteiger partial charge is 0.482 e. The number of fused-ring (bicyclic) bond motifs is 1. The van der Waals surface area contributed by atoms with E-state index in [0.29, 0.717) is 5.69 Å². The summed E-state index contributed by atoms with van der Waals surface area (Å²) >= 11 is 0. The second-order valence-electron chi connectivity index (χ2n) is 2.90. The molecular formula is C8H7F2N2O2+. The summed E-state index contributed by atoms with van der Waals surface area (Å²) in [6.45, 7) is 0. The van der Waals surface area contributed by atoms with Gasteiger partial charge in [-0.15, -0.1) is 0 Å². The van der Waals surface area contributed by atoms with Gasteiger partial charge in [0.2, 0.25) is 0 Å². The number of quaternary nitrogens is 1. The lowest BCUT2D eigenvalue weighted by molar-refractivity contribution is -0.254. The van der Waals surface area contributed by atoms with Crippen LogP contribution in [-0.4, -0.2) is 12.0 Å². The van der Waals surface area contributed by atoms with Crippen molar-refractivity contribution < 1.29 is 24.0 Å². The van der Waals surface area contributed by atoms with Crippen LogP contribution in [-0.2, 0) is 4.79 Å². The van der Waals surface area contributed by atoms with E-state index in [0.717, 1.165) is 0 Å². The molecule has 0 fully saturated rings. The SMILES string of the molecule is [NH3+]c1ccc2c(c1)NC(=O)C(F)(F)O2. The highest BCUT2D eigenvalue weighted by molar-refractivity contribution is 5.98. The fourth-order valence-corrected chi connectivity index (χ4v) is 1.14. The second-order valence-corrected chi connectivity index (χ2v) is 2.90. The molecule has 2 rings (SSSR count). The van der Waals surface area contributed by atoms with E-state index in [1.807, 2.05) is 5.32 Å². The summed E-state index contributed by atoms with van der Waals surface area (Å²) in [5, 5.41) is 2.04. The van der Waals surface area contributed by atoms with E-state index in [1.165, 1.54) is 18.2 Å². The predicted molar refractivity (Wildman–Crippen MR) is 43.2 cm³/mol. The van der Waals surface area contributed by atoms with Crippen LogP contribution < -0.4 is 15.8 Å². The number of nitrogens with one attached hydrogen (secondary N) is 1. The van der Waals surface area contributed by atoms with Gasteiger partial charge in [-0.3, -0.25) is 4.79 Å². The third kappa shape index (κ3) is 1.29. The van der Waals surface area contributed by atoms with Gasteiger partial charge < -0.3 is 15.8 Å². The summed E-state index contributed by atoms with van der Waals surface area (Å²) in [6.07, 6.45) is -3.80. The Morgan fingerprint density at radius 1 is 1.43 bits per heavy atom. The van der Waals surface area contributed by atoms with Crippen molar-refractivity contribution in [2.75, 3.05) is 5.32 Å². The van der Waals surface area contributed by atoms with Crippen LogP contribution in [0.4, 0.5) is 20.2 Å². The molecule has 1 aliphatic heterocycles. The molecule has 4 nitrogen and oxygen atoms in total. The Bertz CT molecular complexity index is 406. The maximum absolute atomic E-state index is 12.7. The van der Waals surface area contributed by atoms with Crippen molar-refractivity contribution in [3.63, 3.8) is 0 Å². The summed E-state index contributed by atoms with van der Waals surface area (Å²) < 4.78 is 29.7. The summed E-state index contributed by atoms with van der Waals surface area (Å²) in [5.74, 6) is -1.52. The predicted octanol–water partition coefficient (Wildman–Crippen LogP) is 0.484. The van der Waals surface area contributed by atoms with Crippen molar-refractivity contribution in [3.05, 3.63) is 18.2 Å². The Balaban J connectivity index is 2.46. The number of carbonyl (C=O) groups excluding carboxylic acids is 1. The number of rotatable bonds is 0. The van der Waals surface area contributed by atoms with Gasteiger partial charge in [-0.2, -0.15) is 8.78 Å². The van der Waals surface area contributed by atoms with Gasteiger partial charge in [-0.25, -0.2) is 0 Å². The minimum atomic E-state index is -3.80. The Hall–Kier alpha value is -1.69. The molecule has 0 saturated heterocycles. The maximum Gasteiger partial charge on any atom is 0.482 e. The molecule has 4 N–H and O–H groups in total. The number of benzene rings is 1. The molecule has 0 saturated carbocycles. The van der Waals surface area contributed by atoms with Crippen LogP contribution in [0.25, 0.3) is 0 Å². The zero-order valence-electron chi connectivity index (χ0n) is 7.01. The average molecular weight is 201 g/mol. The van der Waals surface area contributed by atoms with Gasteiger partial charge in [0.25, 0.3) is 0 Å². The lowest BCUT2D eigenvalue weighted by Gasteiger charge is -2.24. The molecule has 0 atom stereocenters. The smallest absolute Gasteiger partial charge is 0.423 e. The molecule has 0 aliphatic carbocycles.